The van der Waals surface area contributed by atoms with Gasteiger partial charge in [0, 0.05) is 24.7 Å². The number of aromatic amines is 1. The summed E-state index contributed by atoms with van der Waals surface area (Å²) in [6.07, 6.45) is 0.825. The predicted octanol–water partition coefficient (Wildman–Crippen LogP) is 2.52. The van der Waals surface area contributed by atoms with Gasteiger partial charge in [0.05, 0.1) is 6.61 Å². The van der Waals surface area contributed by atoms with Crippen molar-refractivity contribution in [3.63, 3.8) is 0 Å². The van der Waals surface area contributed by atoms with Gasteiger partial charge in [0.2, 0.25) is 0 Å². The minimum atomic E-state index is 0.825. The Morgan fingerprint density at radius 2 is 2.23 bits per heavy atom. The summed E-state index contributed by atoms with van der Waals surface area (Å²) in [6.45, 7) is 1.78. The lowest BCUT2D eigenvalue weighted by Crippen LogP contribution is -1.86. The Labute approximate surface area is 77.5 Å². The molecule has 1 aromatic heterocycles. The third kappa shape index (κ3) is 1.73. The molecule has 0 aliphatic rings. The summed E-state index contributed by atoms with van der Waals surface area (Å²) in [7, 11) is 1.67. The second kappa shape index (κ2) is 3.62. The highest BCUT2D eigenvalue weighted by atomic mass is 16.5. The van der Waals surface area contributed by atoms with Crippen molar-refractivity contribution < 1.29 is 4.74 Å². The monoisotopic (exact) mass is 174 g/mol. The molecule has 1 aromatic carbocycles. The first-order valence-corrected chi connectivity index (χ1v) is 4.31. The van der Waals surface area contributed by atoms with E-state index in [2.05, 4.69) is 23.2 Å². The van der Waals surface area contributed by atoms with Crippen molar-refractivity contribution in [1.82, 2.24) is 4.98 Å². The number of methoxy groups -OCH3 is 1. The molecule has 1 N–H and O–H groups in total. The van der Waals surface area contributed by atoms with Crippen LogP contribution in [0.15, 0.2) is 30.3 Å². The van der Waals surface area contributed by atoms with Crippen molar-refractivity contribution in [3.8, 4) is 0 Å². The molecule has 0 amide bonds. The molecular weight excluding hydrogens is 162 g/mol. The van der Waals surface area contributed by atoms with Crippen molar-refractivity contribution in [2.75, 3.05) is 7.11 Å². The van der Waals surface area contributed by atoms with E-state index in [0.29, 0.717) is 0 Å². The van der Waals surface area contributed by atoms with E-state index in [9.17, 15) is 0 Å². The number of benzene rings is 1. The first kappa shape index (κ1) is 8.32. The van der Waals surface area contributed by atoms with Crippen LogP contribution in [-0.2, 0) is 11.2 Å². The molecule has 67 valence electrons. The van der Waals surface area contributed by atoms with Gasteiger partial charge in [0.15, 0.2) is 0 Å². The summed E-state index contributed by atoms with van der Waals surface area (Å²) in [5.74, 6) is 0. The maximum absolute atomic E-state index is 4.90. The Hall–Kier alpha value is -1.28. The maximum atomic E-state index is 4.90. The van der Waals surface area contributed by atoms with Gasteiger partial charge in [0.25, 0.3) is 0 Å². The molecule has 0 saturated carbocycles. The fourth-order valence-electron chi connectivity index (χ4n) is 1.42. The molecule has 2 aromatic rings. The number of hydrogen-bond donors (Lipinski definition) is 1. The van der Waals surface area contributed by atoms with Crippen molar-refractivity contribution in [2.45, 2.75) is 6.42 Å². The summed E-state index contributed by atoms with van der Waals surface area (Å²) >= 11 is 0. The number of aromatic nitrogens is 1. The summed E-state index contributed by atoms with van der Waals surface area (Å²) in [5, 5.41) is 1.25. The van der Waals surface area contributed by atoms with E-state index in [4.69, 9.17) is 4.74 Å². The zero-order valence-corrected chi connectivity index (χ0v) is 7.58. The van der Waals surface area contributed by atoms with Crippen molar-refractivity contribution >= 4 is 10.9 Å². The number of para-hydroxylation sites is 1. The van der Waals surface area contributed by atoms with Crippen molar-refractivity contribution in [3.05, 3.63) is 42.6 Å². The summed E-state index contributed by atoms with van der Waals surface area (Å²) < 4.78 is 4.90. The highest BCUT2D eigenvalue weighted by Gasteiger charge is 1.98. The topological polar surface area (TPSA) is 25.0 Å². The van der Waals surface area contributed by atoms with Crippen LogP contribution in [-0.4, -0.2) is 12.1 Å². The molecule has 0 bridgehead atoms. The normalized spacial score (nSPS) is 10.8. The standard InChI is InChI=1S/C11H12NO/c1-13-7-6-10-8-9-4-2-3-5-11(9)12-10/h2-5,7-8,12H,6H2,1H3. The second-order valence-electron chi connectivity index (χ2n) is 2.99. The number of hydrogen-bond acceptors (Lipinski definition) is 1. The van der Waals surface area contributed by atoms with Gasteiger partial charge in [-0.3, -0.25) is 0 Å². The van der Waals surface area contributed by atoms with Gasteiger partial charge in [-0.15, -0.1) is 0 Å². The Kier molecular flexibility index (Phi) is 2.32. The van der Waals surface area contributed by atoms with E-state index >= 15 is 0 Å². The van der Waals surface area contributed by atoms with Crippen LogP contribution in [0.5, 0.6) is 0 Å². The lowest BCUT2D eigenvalue weighted by molar-refractivity contribution is 0.271. The van der Waals surface area contributed by atoms with Gasteiger partial charge in [-0.05, 0) is 17.5 Å². The third-order valence-electron chi connectivity index (χ3n) is 2.06. The Morgan fingerprint density at radius 1 is 1.38 bits per heavy atom. The summed E-state index contributed by atoms with van der Waals surface area (Å²) in [4.78, 5) is 3.32. The molecule has 2 rings (SSSR count). The van der Waals surface area contributed by atoms with Crippen LogP contribution in [0.25, 0.3) is 10.9 Å². The van der Waals surface area contributed by atoms with Gasteiger partial charge >= 0.3 is 0 Å². The molecule has 0 aliphatic carbocycles. The fourth-order valence-corrected chi connectivity index (χ4v) is 1.42. The smallest absolute Gasteiger partial charge is 0.0891 e. The highest BCUT2D eigenvalue weighted by Crippen LogP contribution is 2.15. The van der Waals surface area contributed by atoms with Crippen LogP contribution in [0.2, 0.25) is 0 Å². The zero-order chi connectivity index (χ0) is 9.10. The van der Waals surface area contributed by atoms with Crippen LogP contribution >= 0.6 is 0 Å². The number of fused-ring (bicyclic) bond motifs is 1. The fraction of sp³-hybridized carbons (Fsp3) is 0.182. The first-order valence-electron chi connectivity index (χ1n) is 4.31. The molecule has 13 heavy (non-hydrogen) atoms. The van der Waals surface area contributed by atoms with Gasteiger partial charge in [-0.25, -0.2) is 0 Å². The largest absolute Gasteiger partial charge is 0.378 e. The lowest BCUT2D eigenvalue weighted by Gasteiger charge is -1.93. The number of nitrogens with one attached hydrogen (secondary N) is 1. The SMILES string of the molecule is CO[CH]Cc1cc2ccccc2[nH]1. The molecule has 0 saturated heterocycles. The van der Waals surface area contributed by atoms with Gasteiger partial charge in [0.1, 0.15) is 0 Å². The Balaban J connectivity index is 2.28. The van der Waals surface area contributed by atoms with E-state index < -0.39 is 0 Å². The molecule has 0 aliphatic heterocycles. The summed E-state index contributed by atoms with van der Waals surface area (Å²) in [5.41, 5.74) is 2.37. The number of ether oxygens (including phenoxy) is 1. The molecular formula is C11H12NO. The molecule has 1 radical (unpaired) electrons. The predicted molar refractivity (Wildman–Crippen MR) is 53.3 cm³/mol. The third-order valence-corrected chi connectivity index (χ3v) is 2.06. The van der Waals surface area contributed by atoms with Gasteiger partial charge in [-0.1, -0.05) is 18.2 Å². The molecule has 0 atom stereocenters. The average Bonchev–Trinajstić information content (AvgIpc) is 2.57. The second-order valence-corrected chi connectivity index (χ2v) is 2.99. The quantitative estimate of drug-likeness (QED) is 0.759. The Morgan fingerprint density at radius 3 is 3.00 bits per heavy atom. The van der Waals surface area contributed by atoms with Gasteiger partial charge < -0.3 is 9.72 Å². The van der Waals surface area contributed by atoms with E-state index in [1.807, 2.05) is 12.1 Å². The van der Waals surface area contributed by atoms with E-state index in [1.54, 1.807) is 13.7 Å². The van der Waals surface area contributed by atoms with E-state index in [-0.39, 0.29) is 0 Å². The van der Waals surface area contributed by atoms with Crippen LogP contribution in [0.4, 0.5) is 0 Å². The number of rotatable bonds is 3. The summed E-state index contributed by atoms with van der Waals surface area (Å²) in [6, 6.07) is 10.4. The molecule has 1 heterocycles. The molecule has 0 spiro atoms. The van der Waals surface area contributed by atoms with E-state index in [1.165, 1.54) is 16.6 Å². The van der Waals surface area contributed by atoms with Crippen LogP contribution in [0.1, 0.15) is 5.69 Å². The molecule has 2 heteroatoms. The molecule has 0 unspecified atom stereocenters. The zero-order valence-electron chi connectivity index (χ0n) is 7.58. The van der Waals surface area contributed by atoms with Crippen molar-refractivity contribution in [2.24, 2.45) is 0 Å². The van der Waals surface area contributed by atoms with Crippen LogP contribution < -0.4 is 0 Å². The van der Waals surface area contributed by atoms with Crippen LogP contribution in [0, 0.1) is 6.61 Å². The lowest BCUT2D eigenvalue weighted by atomic mass is 10.2. The van der Waals surface area contributed by atoms with Gasteiger partial charge in [-0.2, -0.15) is 0 Å². The minimum Gasteiger partial charge on any atom is -0.378 e. The first-order chi connectivity index (χ1) is 6.40. The molecule has 2 nitrogen and oxygen atoms in total. The molecule has 0 fully saturated rings. The number of H-pyrrole nitrogens is 1. The minimum absolute atomic E-state index is 0.825. The Bertz CT molecular complexity index is 359. The van der Waals surface area contributed by atoms with Crippen molar-refractivity contribution in [1.29, 1.82) is 0 Å². The maximum Gasteiger partial charge on any atom is 0.0891 e. The highest BCUT2D eigenvalue weighted by molar-refractivity contribution is 5.80. The van der Waals surface area contributed by atoms with E-state index in [0.717, 1.165) is 6.42 Å². The average molecular weight is 174 g/mol. The van der Waals surface area contributed by atoms with Crippen LogP contribution in [0.3, 0.4) is 0 Å².